The first-order valence-electron chi connectivity index (χ1n) is 8.15. The maximum absolute atomic E-state index is 12.6. The average molecular weight is 390 g/mol. The molecule has 0 atom stereocenters. The smallest absolute Gasteiger partial charge is 0.313 e. The Hall–Kier alpha value is -3.07. The van der Waals surface area contributed by atoms with Gasteiger partial charge < -0.3 is 4.74 Å². The molecule has 0 aliphatic carbocycles. The SMILES string of the molecule is CCOC(=O)CC(=O)Cn1cnc2c(nnn2-c2ccc(C)c(Cl)c2)c1=O. The number of Topliss-reactive ketones (excluding diaryl/α,β-unsaturated/α-hetero) is 1. The molecule has 3 aromatic rings. The van der Waals surface area contributed by atoms with E-state index < -0.39 is 23.7 Å². The Kier molecular flexibility index (Phi) is 5.31. The highest BCUT2D eigenvalue weighted by Gasteiger charge is 2.17. The molecule has 0 aliphatic heterocycles. The summed E-state index contributed by atoms with van der Waals surface area (Å²) in [6.45, 7) is 3.40. The quantitative estimate of drug-likeness (QED) is 0.463. The van der Waals surface area contributed by atoms with Crippen LogP contribution in [0.4, 0.5) is 0 Å². The molecule has 0 N–H and O–H groups in total. The van der Waals surface area contributed by atoms with E-state index in [-0.39, 0.29) is 24.3 Å². The molecule has 0 bridgehead atoms. The number of carbonyl (C=O) groups is 2. The van der Waals surface area contributed by atoms with Crippen LogP contribution < -0.4 is 5.56 Å². The molecule has 0 radical (unpaired) electrons. The van der Waals surface area contributed by atoms with E-state index in [1.807, 2.05) is 13.0 Å². The predicted molar refractivity (Wildman–Crippen MR) is 96.9 cm³/mol. The van der Waals surface area contributed by atoms with Crippen molar-refractivity contribution in [2.24, 2.45) is 0 Å². The molecule has 0 unspecified atom stereocenters. The molecule has 0 saturated carbocycles. The summed E-state index contributed by atoms with van der Waals surface area (Å²) in [5, 5.41) is 8.39. The van der Waals surface area contributed by atoms with E-state index in [9.17, 15) is 14.4 Å². The molecule has 27 heavy (non-hydrogen) atoms. The minimum Gasteiger partial charge on any atom is -0.466 e. The first-order valence-corrected chi connectivity index (χ1v) is 8.53. The van der Waals surface area contributed by atoms with Gasteiger partial charge in [0.1, 0.15) is 12.7 Å². The Bertz CT molecular complexity index is 1090. The van der Waals surface area contributed by atoms with Crippen molar-refractivity contribution in [1.29, 1.82) is 0 Å². The molecular formula is C17H16ClN5O4. The van der Waals surface area contributed by atoms with E-state index >= 15 is 0 Å². The molecule has 0 spiro atoms. The highest BCUT2D eigenvalue weighted by molar-refractivity contribution is 6.31. The largest absolute Gasteiger partial charge is 0.466 e. The maximum atomic E-state index is 12.6. The van der Waals surface area contributed by atoms with Crippen molar-refractivity contribution in [2.75, 3.05) is 6.61 Å². The van der Waals surface area contributed by atoms with Crippen LogP contribution in [0.5, 0.6) is 0 Å². The molecule has 3 rings (SSSR count). The predicted octanol–water partition coefficient (Wildman–Crippen LogP) is 1.46. The summed E-state index contributed by atoms with van der Waals surface area (Å²) in [5.74, 6) is -1.10. The lowest BCUT2D eigenvalue weighted by molar-refractivity contribution is -0.145. The van der Waals surface area contributed by atoms with Crippen LogP contribution in [0.15, 0.2) is 29.3 Å². The Morgan fingerprint density at radius 1 is 1.30 bits per heavy atom. The fourth-order valence-corrected chi connectivity index (χ4v) is 2.64. The van der Waals surface area contributed by atoms with Crippen LogP contribution in [-0.4, -0.2) is 42.9 Å². The van der Waals surface area contributed by atoms with E-state index in [0.717, 1.165) is 10.1 Å². The number of ketones is 1. The molecule has 0 saturated heterocycles. The maximum Gasteiger partial charge on any atom is 0.313 e. The number of aryl methyl sites for hydroxylation is 1. The number of aromatic nitrogens is 5. The van der Waals surface area contributed by atoms with Crippen molar-refractivity contribution in [1.82, 2.24) is 24.5 Å². The molecule has 10 heteroatoms. The average Bonchev–Trinajstić information content (AvgIpc) is 3.04. The Labute approximate surface area is 158 Å². The van der Waals surface area contributed by atoms with Gasteiger partial charge in [-0.1, -0.05) is 22.9 Å². The number of fused-ring (bicyclic) bond motifs is 1. The van der Waals surface area contributed by atoms with Crippen LogP contribution in [0, 0.1) is 6.92 Å². The van der Waals surface area contributed by atoms with Gasteiger partial charge in [-0.05, 0) is 31.5 Å². The molecular weight excluding hydrogens is 374 g/mol. The summed E-state index contributed by atoms with van der Waals surface area (Å²) in [4.78, 5) is 40.1. The van der Waals surface area contributed by atoms with Gasteiger partial charge in [-0.2, -0.15) is 4.68 Å². The fraction of sp³-hybridized carbons (Fsp3) is 0.294. The summed E-state index contributed by atoms with van der Waals surface area (Å²) in [6, 6.07) is 5.30. The van der Waals surface area contributed by atoms with Crippen molar-refractivity contribution in [3.05, 3.63) is 45.5 Å². The highest BCUT2D eigenvalue weighted by atomic mass is 35.5. The van der Waals surface area contributed by atoms with Crippen LogP contribution in [-0.2, 0) is 20.9 Å². The molecule has 2 heterocycles. The van der Waals surface area contributed by atoms with Crippen LogP contribution in [0.25, 0.3) is 16.9 Å². The van der Waals surface area contributed by atoms with Gasteiger partial charge in [0, 0.05) is 5.02 Å². The van der Waals surface area contributed by atoms with Crippen molar-refractivity contribution in [3.8, 4) is 5.69 Å². The molecule has 1 aromatic carbocycles. The van der Waals surface area contributed by atoms with Gasteiger partial charge in [-0.3, -0.25) is 19.0 Å². The van der Waals surface area contributed by atoms with Crippen LogP contribution in [0.3, 0.4) is 0 Å². The number of hydrogen-bond acceptors (Lipinski definition) is 7. The van der Waals surface area contributed by atoms with Gasteiger partial charge in [-0.25, -0.2) is 4.98 Å². The Balaban J connectivity index is 1.91. The molecule has 9 nitrogen and oxygen atoms in total. The molecule has 0 fully saturated rings. The molecule has 0 aliphatic rings. The third kappa shape index (κ3) is 3.87. The van der Waals surface area contributed by atoms with Crippen molar-refractivity contribution < 1.29 is 14.3 Å². The monoisotopic (exact) mass is 389 g/mol. The zero-order valence-electron chi connectivity index (χ0n) is 14.7. The summed E-state index contributed by atoms with van der Waals surface area (Å²) in [5.41, 5.74) is 1.24. The topological polar surface area (TPSA) is 109 Å². The number of esters is 1. The number of benzene rings is 1. The normalized spacial score (nSPS) is 10.9. The summed E-state index contributed by atoms with van der Waals surface area (Å²) in [7, 11) is 0. The standard InChI is InChI=1S/C17H16ClN5O4/c1-3-27-14(25)7-12(24)8-22-9-19-16-15(17(22)26)20-21-23(16)11-5-4-10(2)13(18)6-11/h4-6,9H,3,7-8H2,1-2H3. The molecule has 2 aromatic heterocycles. The summed E-state index contributed by atoms with van der Waals surface area (Å²) >= 11 is 6.14. The zero-order chi connectivity index (χ0) is 19.6. The van der Waals surface area contributed by atoms with E-state index in [2.05, 4.69) is 15.3 Å². The zero-order valence-corrected chi connectivity index (χ0v) is 15.4. The van der Waals surface area contributed by atoms with Gasteiger partial charge in [0.15, 0.2) is 16.9 Å². The number of carbonyl (C=O) groups excluding carboxylic acids is 2. The third-order valence-corrected chi connectivity index (χ3v) is 4.23. The minimum absolute atomic E-state index is 0.0122. The van der Waals surface area contributed by atoms with Gasteiger partial charge in [0.2, 0.25) is 0 Å². The van der Waals surface area contributed by atoms with E-state index in [1.54, 1.807) is 19.1 Å². The van der Waals surface area contributed by atoms with E-state index in [0.29, 0.717) is 10.7 Å². The van der Waals surface area contributed by atoms with Crippen molar-refractivity contribution in [3.63, 3.8) is 0 Å². The Morgan fingerprint density at radius 2 is 2.07 bits per heavy atom. The third-order valence-electron chi connectivity index (χ3n) is 3.82. The van der Waals surface area contributed by atoms with Gasteiger partial charge >= 0.3 is 5.97 Å². The highest BCUT2D eigenvalue weighted by Crippen LogP contribution is 2.20. The second-order valence-electron chi connectivity index (χ2n) is 5.81. The number of halogens is 1. The molecule has 0 amide bonds. The van der Waals surface area contributed by atoms with E-state index in [1.165, 1.54) is 11.0 Å². The van der Waals surface area contributed by atoms with Crippen molar-refractivity contribution in [2.45, 2.75) is 26.8 Å². The number of rotatable bonds is 6. The van der Waals surface area contributed by atoms with Crippen LogP contribution in [0.1, 0.15) is 18.9 Å². The summed E-state index contributed by atoms with van der Waals surface area (Å²) < 4.78 is 7.21. The number of ether oxygens (including phenoxy) is 1. The molecule has 140 valence electrons. The first-order chi connectivity index (χ1) is 12.9. The first kappa shape index (κ1) is 18.7. The lowest BCUT2D eigenvalue weighted by Crippen LogP contribution is -2.26. The van der Waals surface area contributed by atoms with Gasteiger partial charge in [0.05, 0.1) is 18.8 Å². The van der Waals surface area contributed by atoms with Crippen LogP contribution in [0.2, 0.25) is 5.02 Å². The lowest BCUT2D eigenvalue weighted by Gasteiger charge is -2.06. The Morgan fingerprint density at radius 3 is 2.78 bits per heavy atom. The minimum atomic E-state index is -0.633. The van der Waals surface area contributed by atoms with E-state index in [4.69, 9.17) is 16.3 Å². The summed E-state index contributed by atoms with van der Waals surface area (Å²) in [6.07, 6.45) is 0.816. The van der Waals surface area contributed by atoms with Gasteiger partial charge in [0.25, 0.3) is 5.56 Å². The lowest BCUT2D eigenvalue weighted by atomic mass is 10.2. The van der Waals surface area contributed by atoms with Crippen LogP contribution >= 0.6 is 11.6 Å². The second kappa shape index (κ2) is 7.67. The number of hydrogen-bond donors (Lipinski definition) is 0. The van der Waals surface area contributed by atoms with Gasteiger partial charge in [-0.15, -0.1) is 5.10 Å². The fourth-order valence-electron chi connectivity index (χ4n) is 2.46. The van der Waals surface area contributed by atoms with Crippen molar-refractivity contribution >= 4 is 34.5 Å². The second-order valence-corrected chi connectivity index (χ2v) is 6.21. The number of nitrogens with zero attached hydrogens (tertiary/aromatic N) is 5.